The second-order valence-corrected chi connectivity index (χ2v) is 4.77. The zero-order valence-corrected chi connectivity index (χ0v) is 10.7. The number of benzene rings is 1. The van der Waals surface area contributed by atoms with Gasteiger partial charge in [-0.15, -0.1) is 0 Å². The van der Waals surface area contributed by atoms with E-state index in [2.05, 4.69) is 19.2 Å². The van der Waals surface area contributed by atoms with Crippen LogP contribution >= 0.6 is 0 Å². The van der Waals surface area contributed by atoms with Gasteiger partial charge in [-0.2, -0.15) is 0 Å². The second kappa shape index (κ2) is 4.49. The molecule has 0 aliphatic rings. The van der Waals surface area contributed by atoms with E-state index in [1.54, 1.807) is 12.1 Å². The summed E-state index contributed by atoms with van der Waals surface area (Å²) in [6, 6.07) is 5.15. The van der Waals surface area contributed by atoms with Crippen molar-refractivity contribution in [2.45, 2.75) is 26.8 Å². The Labute approximate surface area is 101 Å². The number of hydrogen-bond donors (Lipinski definition) is 1. The van der Waals surface area contributed by atoms with Gasteiger partial charge in [0.1, 0.15) is 17.2 Å². The van der Waals surface area contributed by atoms with Crippen molar-refractivity contribution in [1.82, 2.24) is 5.32 Å². The number of nitrogens with one attached hydrogen (secondary N) is 1. The highest BCUT2D eigenvalue weighted by atomic mass is 19.1. The van der Waals surface area contributed by atoms with Crippen LogP contribution in [0.15, 0.2) is 22.6 Å². The van der Waals surface area contributed by atoms with Crippen LogP contribution in [-0.2, 0) is 0 Å². The fraction of sp³-hybridized carbons (Fsp3) is 0.429. The lowest BCUT2D eigenvalue weighted by atomic mass is 10.0. The topological polar surface area (TPSA) is 25.2 Å². The lowest BCUT2D eigenvalue weighted by Gasteiger charge is -2.17. The second-order valence-electron chi connectivity index (χ2n) is 4.77. The average Bonchev–Trinajstić information content (AvgIpc) is 2.70. The summed E-state index contributed by atoms with van der Waals surface area (Å²) in [5.74, 6) is 0.967. The lowest BCUT2D eigenvalue weighted by molar-refractivity contribution is 0.370. The van der Waals surface area contributed by atoms with Gasteiger partial charge >= 0.3 is 0 Å². The molecule has 92 valence electrons. The van der Waals surface area contributed by atoms with Gasteiger partial charge in [0.15, 0.2) is 0 Å². The molecule has 17 heavy (non-hydrogen) atoms. The molecule has 0 saturated heterocycles. The monoisotopic (exact) mass is 235 g/mol. The molecule has 3 heteroatoms. The summed E-state index contributed by atoms with van der Waals surface area (Å²) in [5.41, 5.74) is 1.62. The Balaban J connectivity index is 2.58. The van der Waals surface area contributed by atoms with Crippen LogP contribution in [0.4, 0.5) is 4.39 Å². The Morgan fingerprint density at radius 1 is 1.29 bits per heavy atom. The number of furan rings is 1. The maximum Gasteiger partial charge on any atom is 0.140 e. The van der Waals surface area contributed by atoms with Gasteiger partial charge in [0.25, 0.3) is 0 Å². The highest BCUT2D eigenvalue weighted by Gasteiger charge is 2.19. The fourth-order valence-electron chi connectivity index (χ4n) is 2.20. The molecule has 1 aromatic heterocycles. The highest BCUT2D eigenvalue weighted by molar-refractivity contribution is 5.81. The predicted octanol–water partition coefficient (Wildman–Crippen LogP) is 3.80. The Bertz CT molecular complexity index is 491. The van der Waals surface area contributed by atoms with E-state index < -0.39 is 0 Å². The molecule has 0 amide bonds. The summed E-state index contributed by atoms with van der Waals surface area (Å²) in [6.07, 6.45) is 0. The number of aryl methyl sites for hydroxylation is 1. The van der Waals surface area contributed by atoms with Crippen molar-refractivity contribution in [3.63, 3.8) is 0 Å². The molecular weight excluding hydrogens is 217 g/mol. The minimum Gasteiger partial charge on any atom is -0.459 e. The minimum absolute atomic E-state index is 0.112. The molecule has 0 radical (unpaired) electrons. The van der Waals surface area contributed by atoms with Crippen LogP contribution in [0.1, 0.15) is 31.2 Å². The smallest absolute Gasteiger partial charge is 0.140 e. The predicted molar refractivity (Wildman–Crippen MR) is 67.5 cm³/mol. The van der Waals surface area contributed by atoms with E-state index in [1.165, 1.54) is 6.07 Å². The van der Waals surface area contributed by atoms with E-state index in [0.29, 0.717) is 16.9 Å². The maximum atomic E-state index is 13.7. The Morgan fingerprint density at radius 3 is 2.53 bits per heavy atom. The molecule has 1 unspecified atom stereocenters. The van der Waals surface area contributed by atoms with Crippen LogP contribution in [0.2, 0.25) is 0 Å². The molecule has 1 N–H and O–H groups in total. The molecule has 0 saturated carbocycles. The number of hydrogen-bond acceptors (Lipinski definition) is 2. The summed E-state index contributed by atoms with van der Waals surface area (Å²) < 4.78 is 19.5. The average molecular weight is 235 g/mol. The molecule has 2 aromatic rings. The Morgan fingerprint density at radius 2 is 2.00 bits per heavy atom. The minimum atomic E-state index is -0.223. The third-order valence-corrected chi connectivity index (χ3v) is 3.13. The Kier molecular flexibility index (Phi) is 3.20. The van der Waals surface area contributed by atoms with Crippen molar-refractivity contribution in [1.29, 1.82) is 0 Å². The Hall–Kier alpha value is -1.35. The van der Waals surface area contributed by atoms with Gasteiger partial charge in [-0.25, -0.2) is 4.39 Å². The van der Waals surface area contributed by atoms with Gasteiger partial charge in [0.2, 0.25) is 0 Å². The van der Waals surface area contributed by atoms with Crippen LogP contribution in [0, 0.1) is 18.7 Å². The summed E-state index contributed by atoms with van der Waals surface area (Å²) >= 11 is 0. The molecule has 2 nitrogen and oxygen atoms in total. The van der Waals surface area contributed by atoms with Crippen molar-refractivity contribution in [2.24, 2.45) is 5.92 Å². The van der Waals surface area contributed by atoms with E-state index in [4.69, 9.17) is 4.42 Å². The number of fused-ring (bicyclic) bond motifs is 1. The number of halogens is 1. The van der Waals surface area contributed by atoms with Gasteiger partial charge in [0.05, 0.1) is 11.4 Å². The van der Waals surface area contributed by atoms with E-state index in [9.17, 15) is 4.39 Å². The molecule has 1 atom stereocenters. The van der Waals surface area contributed by atoms with Gasteiger partial charge in [-0.1, -0.05) is 19.9 Å². The lowest BCUT2D eigenvalue weighted by Crippen LogP contribution is -2.20. The van der Waals surface area contributed by atoms with Crippen LogP contribution in [0.25, 0.3) is 11.0 Å². The van der Waals surface area contributed by atoms with E-state index in [-0.39, 0.29) is 11.9 Å². The standard InChI is InChI=1S/C14H18FNO/c1-8(2)13(16-4)12-7-10-11(15)6-5-9(3)14(10)17-12/h5-8,13,16H,1-4H3. The quantitative estimate of drug-likeness (QED) is 0.875. The van der Waals surface area contributed by atoms with Crippen molar-refractivity contribution in [3.05, 3.63) is 35.3 Å². The summed E-state index contributed by atoms with van der Waals surface area (Å²) in [5, 5.41) is 3.77. The molecule has 0 bridgehead atoms. The number of rotatable bonds is 3. The first-order valence-corrected chi connectivity index (χ1v) is 5.90. The molecular formula is C14H18FNO. The molecule has 1 heterocycles. The van der Waals surface area contributed by atoms with Gasteiger partial charge < -0.3 is 9.73 Å². The first kappa shape index (κ1) is 12.1. The van der Waals surface area contributed by atoms with Gasteiger partial charge in [-0.3, -0.25) is 0 Å². The summed E-state index contributed by atoms with van der Waals surface area (Å²) in [7, 11) is 1.89. The van der Waals surface area contributed by atoms with Crippen molar-refractivity contribution in [3.8, 4) is 0 Å². The summed E-state index contributed by atoms with van der Waals surface area (Å²) in [6.45, 7) is 6.15. The molecule has 0 spiro atoms. The van der Waals surface area contributed by atoms with E-state index in [1.807, 2.05) is 14.0 Å². The first-order chi connectivity index (χ1) is 8.04. The van der Waals surface area contributed by atoms with Gasteiger partial charge in [0, 0.05) is 0 Å². The summed E-state index contributed by atoms with van der Waals surface area (Å²) in [4.78, 5) is 0. The molecule has 0 fully saturated rings. The van der Waals surface area contributed by atoms with Crippen molar-refractivity contribution >= 4 is 11.0 Å². The molecule has 1 aromatic carbocycles. The van der Waals surface area contributed by atoms with E-state index >= 15 is 0 Å². The van der Waals surface area contributed by atoms with Gasteiger partial charge in [-0.05, 0) is 37.6 Å². The third-order valence-electron chi connectivity index (χ3n) is 3.13. The molecule has 0 aliphatic heterocycles. The van der Waals surface area contributed by atoms with Crippen LogP contribution < -0.4 is 5.32 Å². The maximum absolute atomic E-state index is 13.7. The van der Waals surface area contributed by atoms with Crippen LogP contribution in [0.3, 0.4) is 0 Å². The highest BCUT2D eigenvalue weighted by Crippen LogP contribution is 2.31. The molecule has 2 rings (SSSR count). The largest absolute Gasteiger partial charge is 0.459 e. The van der Waals surface area contributed by atoms with E-state index in [0.717, 1.165) is 11.3 Å². The third kappa shape index (κ3) is 2.07. The first-order valence-electron chi connectivity index (χ1n) is 5.90. The van der Waals surface area contributed by atoms with Crippen molar-refractivity contribution < 1.29 is 8.81 Å². The zero-order valence-electron chi connectivity index (χ0n) is 10.7. The fourth-order valence-corrected chi connectivity index (χ4v) is 2.20. The van der Waals surface area contributed by atoms with Crippen molar-refractivity contribution in [2.75, 3.05) is 7.05 Å². The zero-order chi connectivity index (χ0) is 12.6. The van der Waals surface area contributed by atoms with Crippen LogP contribution in [0.5, 0.6) is 0 Å². The SMILES string of the molecule is CNC(c1cc2c(F)ccc(C)c2o1)C(C)C. The normalized spacial score (nSPS) is 13.5. The van der Waals surface area contributed by atoms with Crippen LogP contribution in [-0.4, -0.2) is 7.05 Å². The molecule has 0 aliphatic carbocycles.